The Kier molecular flexibility index (Phi) is 9.52. The van der Waals surface area contributed by atoms with E-state index in [0.717, 1.165) is 10.8 Å². The average molecular weight is 651 g/mol. The molecule has 1 heterocycles. The molecule has 4 aromatic rings. The maximum absolute atomic E-state index is 13.8. The van der Waals surface area contributed by atoms with Crippen LogP contribution in [-0.2, 0) is 10.0 Å². The fourth-order valence-electron chi connectivity index (χ4n) is 5.23. The van der Waals surface area contributed by atoms with Gasteiger partial charge in [-0.25, -0.2) is 13.2 Å². The van der Waals surface area contributed by atoms with E-state index in [1.165, 1.54) is 47.4 Å². The number of sulfonamides is 1. The number of benzene rings is 4. The number of urea groups is 1. The lowest BCUT2D eigenvalue weighted by atomic mass is 9.99. The Morgan fingerprint density at radius 1 is 1.09 bits per heavy atom. The monoisotopic (exact) mass is 650 g/mol. The molecule has 4 aromatic carbocycles. The molecule has 0 saturated carbocycles. The van der Waals surface area contributed by atoms with Crippen molar-refractivity contribution in [1.29, 1.82) is 0 Å². The van der Waals surface area contributed by atoms with Gasteiger partial charge in [-0.2, -0.15) is 0 Å². The van der Waals surface area contributed by atoms with E-state index in [-0.39, 0.29) is 53.5 Å². The molecular formula is C33H35ClN4O6S. The first-order chi connectivity index (χ1) is 21.5. The minimum atomic E-state index is -3.98. The van der Waals surface area contributed by atoms with E-state index < -0.39 is 28.1 Å². The van der Waals surface area contributed by atoms with Gasteiger partial charge in [0.15, 0.2) is 0 Å². The zero-order valence-electron chi connectivity index (χ0n) is 25.1. The smallest absolute Gasteiger partial charge is 0.321 e. The van der Waals surface area contributed by atoms with Crippen molar-refractivity contribution in [2.24, 2.45) is 5.92 Å². The number of carbonyl (C=O) groups is 2. The Bertz CT molecular complexity index is 1810. The Morgan fingerprint density at radius 2 is 1.80 bits per heavy atom. The van der Waals surface area contributed by atoms with E-state index in [1.54, 1.807) is 18.9 Å². The molecule has 45 heavy (non-hydrogen) atoms. The molecule has 10 nitrogen and oxygen atoms in total. The van der Waals surface area contributed by atoms with Gasteiger partial charge in [-0.05, 0) is 60.8 Å². The second-order valence-corrected chi connectivity index (χ2v) is 13.3. The Labute approximate surface area is 267 Å². The maximum Gasteiger partial charge on any atom is 0.321 e. The molecule has 1 aliphatic heterocycles. The average Bonchev–Trinajstić information content (AvgIpc) is 3.02. The molecule has 0 aliphatic carbocycles. The minimum Gasteiger partial charge on any atom is -0.487 e. The maximum atomic E-state index is 13.8. The topological polar surface area (TPSA) is 128 Å². The predicted octanol–water partition coefficient (Wildman–Crippen LogP) is 5.68. The van der Waals surface area contributed by atoms with Crippen LogP contribution in [0.1, 0.15) is 24.2 Å². The lowest BCUT2D eigenvalue weighted by Crippen LogP contribution is -2.50. The predicted molar refractivity (Wildman–Crippen MR) is 175 cm³/mol. The van der Waals surface area contributed by atoms with E-state index in [1.807, 2.05) is 49.4 Å². The largest absolute Gasteiger partial charge is 0.487 e. The SMILES string of the molecule is C[C@H]1CN([C@@H](C)CO)C(=O)c2cc(NS(=O)(=O)c3ccc(Cl)cc3)ccc2O[C@H]1CN(C)C(=O)Nc1cccc2ccccc12. The fourth-order valence-corrected chi connectivity index (χ4v) is 6.41. The third-order valence-electron chi connectivity index (χ3n) is 7.87. The van der Waals surface area contributed by atoms with Gasteiger partial charge in [-0.3, -0.25) is 9.52 Å². The second kappa shape index (κ2) is 13.4. The highest BCUT2D eigenvalue weighted by Gasteiger charge is 2.34. The summed E-state index contributed by atoms with van der Waals surface area (Å²) in [4.78, 5) is 30.2. The van der Waals surface area contributed by atoms with Crippen molar-refractivity contribution in [2.75, 3.05) is 36.8 Å². The van der Waals surface area contributed by atoms with Crippen molar-refractivity contribution in [3.63, 3.8) is 0 Å². The summed E-state index contributed by atoms with van der Waals surface area (Å²) in [5.41, 5.74) is 0.976. The van der Waals surface area contributed by atoms with Gasteiger partial charge in [-0.15, -0.1) is 0 Å². The van der Waals surface area contributed by atoms with Crippen LogP contribution in [0.2, 0.25) is 5.02 Å². The normalized spacial score (nSPS) is 17.4. The summed E-state index contributed by atoms with van der Waals surface area (Å²) in [6.07, 6.45) is -0.537. The first-order valence-corrected chi connectivity index (χ1v) is 16.3. The molecule has 0 unspecified atom stereocenters. The van der Waals surface area contributed by atoms with Gasteiger partial charge in [0.25, 0.3) is 15.9 Å². The van der Waals surface area contributed by atoms with Crippen molar-refractivity contribution in [3.05, 3.63) is 95.5 Å². The Balaban J connectivity index is 1.40. The lowest BCUT2D eigenvalue weighted by molar-refractivity contribution is 0.0371. The van der Waals surface area contributed by atoms with E-state index >= 15 is 0 Å². The first-order valence-electron chi connectivity index (χ1n) is 14.5. The number of halogens is 1. The van der Waals surface area contributed by atoms with Crippen LogP contribution in [0.3, 0.4) is 0 Å². The van der Waals surface area contributed by atoms with Gasteiger partial charge in [0.2, 0.25) is 0 Å². The summed E-state index contributed by atoms with van der Waals surface area (Å²) in [6.45, 7) is 3.82. The molecule has 0 fully saturated rings. The molecule has 3 N–H and O–H groups in total. The van der Waals surface area contributed by atoms with Gasteiger partial charge in [-0.1, -0.05) is 54.9 Å². The van der Waals surface area contributed by atoms with Crippen LogP contribution in [0, 0.1) is 5.92 Å². The van der Waals surface area contributed by atoms with Crippen LogP contribution in [-0.4, -0.2) is 74.2 Å². The zero-order chi connectivity index (χ0) is 32.3. The molecule has 1 aliphatic rings. The number of fused-ring (bicyclic) bond motifs is 2. The summed E-state index contributed by atoms with van der Waals surface area (Å²) < 4.78 is 35.0. The molecule has 5 rings (SSSR count). The molecule has 0 bridgehead atoms. The molecular weight excluding hydrogens is 616 g/mol. The van der Waals surface area contributed by atoms with Crippen LogP contribution in [0.4, 0.5) is 16.2 Å². The quantitative estimate of drug-likeness (QED) is 0.225. The van der Waals surface area contributed by atoms with Crippen molar-refractivity contribution in [1.82, 2.24) is 9.80 Å². The first kappa shape index (κ1) is 32.1. The second-order valence-electron chi connectivity index (χ2n) is 11.2. The third-order valence-corrected chi connectivity index (χ3v) is 9.52. The third kappa shape index (κ3) is 7.16. The molecule has 3 amide bonds. The van der Waals surface area contributed by atoms with Crippen molar-refractivity contribution in [2.45, 2.75) is 30.9 Å². The van der Waals surface area contributed by atoms with Crippen LogP contribution in [0.5, 0.6) is 5.75 Å². The van der Waals surface area contributed by atoms with Crippen LogP contribution < -0.4 is 14.8 Å². The molecule has 0 radical (unpaired) electrons. The molecule has 3 atom stereocenters. The summed E-state index contributed by atoms with van der Waals surface area (Å²) >= 11 is 5.91. The molecule has 0 aromatic heterocycles. The Morgan fingerprint density at radius 3 is 2.53 bits per heavy atom. The number of hydrogen-bond donors (Lipinski definition) is 3. The number of nitrogens with zero attached hydrogens (tertiary/aromatic N) is 2. The van der Waals surface area contributed by atoms with E-state index in [0.29, 0.717) is 10.7 Å². The zero-order valence-corrected chi connectivity index (χ0v) is 26.7. The van der Waals surface area contributed by atoms with E-state index in [4.69, 9.17) is 16.3 Å². The van der Waals surface area contributed by atoms with E-state index in [9.17, 15) is 23.1 Å². The van der Waals surface area contributed by atoms with Crippen LogP contribution >= 0.6 is 11.6 Å². The van der Waals surface area contributed by atoms with Gasteiger partial charge in [0.1, 0.15) is 11.9 Å². The summed E-state index contributed by atoms with van der Waals surface area (Å²) in [5.74, 6) is -0.401. The van der Waals surface area contributed by atoms with Crippen LogP contribution in [0.25, 0.3) is 10.8 Å². The summed E-state index contributed by atoms with van der Waals surface area (Å²) in [6, 6.07) is 22.8. The number of rotatable bonds is 8. The van der Waals surface area contributed by atoms with Gasteiger partial charge < -0.3 is 25.0 Å². The highest BCUT2D eigenvalue weighted by molar-refractivity contribution is 7.92. The van der Waals surface area contributed by atoms with Crippen molar-refractivity contribution >= 4 is 55.7 Å². The minimum absolute atomic E-state index is 0.00968. The number of aliphatic hydroxyl groups is 1. The number of likely N-dealkylation sites (N-methyl/N-ethyl adjacent to an activating group) is 1. The number of anilines is 2. The number of ether oxygens (including phenoxy) is 1. The Hall–Kier alpha value is -4.32. The van der Waals surface area contributed by atoms with E-state index in [2.05, 4.69) is 10.0 Å². The number of hydrogen-bond acceptors (Lipinski definition) is 6. The molecule has 12 heteroatoms. The molecule has 0 saturated heterocycles. The number of amides is 3. The number of aliphatic hydroxyl groups excluding tert-OH is 1. The molecule has 0 spiro atoms. The van der Waals surface area contributed by atoms with Crippen LogP contribution in [0.15, 0.2) is 89.8 Å². The van der Waals surface area contributed by atoms with Crippen molar-refractivity contribution < 1.29 is 27.9 Å². The summed E-state index contributed by atoms with van der Waals surface area (Å²) in [5, 5.41) is 15.3. The highest BCUT2D eigenvalue weighted by Crippen LogP contribution is 2.32. The van der Waals surface area contributed by atoms with Gasteiger partial charge in [0.05, 0.1) is 35.3 Å². The standard InChI is InChI=1S/C33H35ClN4O6S/c1-21-18-38(22(2)20-39)32(40)28-17-25(36-45(42,43)26-14-11-24(34)12-15-26)13-16-30(28)44-31(21)19-37(3)33(41)35-29-10-6-8-23-7-4-5-9-27(23)29/h4-17,21-22,31,36,39H,18-20H2,1-3H3,(H,35,41)/t21-,22-,31-/m0/s1. The number of nitrogens with one attached hydrogen (secondary N) is 2. The van der Waals surface area contributed by atoms with Crippen molar-refractivity contribution in [3.8, 4) is 5.75 Å². The molecule has 236 valence electrons. The summed E-state index contributed by atoms with van der Waals surface area (Å²) in [7, 11) is -2.30. The highest BCUT2D eigenvalue weighted by atomic mass is 35.5. The lowest BCUT2D eigenvalue weighted by Gasteiger charge is -2.38. The number of carbonyl (C=O) groups excluding carboxylic acids is 2. The van der Waals surface area contributed by atoms with Gasteiger partial charge in [0, 0.05) is 35.6 Å². The fraction of sp³-hybridized carbons (Fsp3) is 0.273. The van der Waals surface area contributed by atoms with Gasteiger partial charge >= 0.3 is 6.03 Å².